The molecule has 0 spiro atoms. The first-order chi connectivity index (χ1) is 12.7. The summed E-state index contributed by atoms with van der Waals surface area (Å²) in [5, 5.41) is 3.06. The Labute approximate surface area is 161 Å². The number of nitrogens with one attached hydrogen (secondary N) is 1. The van der Waals surface area contributed by atoms with Crippen LogP contribution in [0.2, 0.25) is 0 Å². The zero-order chi connectivity index (χ0) is 18.4. The van der Waals surface area contributed by atoms with Gasteiger partial charge in [-0.3, -0.25) is 4.79 Å². The maximum Gasteiger partial charge on any atom is 0.230 e. The number of thioether (sulfide) groups is 1. The van der Waals surface area contributed by atoms with Gasteiger partial charge in [0, 0.05) is 12.5 Å². The smallest absolute Gasteiger partial charge is 0.230 e. The molecule has 0 saturated heterocycles. The second-order valence-corrected chi connectivity index (χ2v) is 7.86. The minimum absolute atomic E-state index is 0.0996. The van der Waals surface area contributed by atoms with Gasteiger partial charge in [0.2, 0.25) is 5.91 Å². The number of hydrogen-bond acceptors (Lipinski definition) is 2. The van der Waals surface area contributed by atoms with E-state index < -0.39 is 0 Å². The Morgan fingerprint density at radius 1 is 1.08 bits per heavy atom. The van der Waals surface area contributed by atoms with Gasteiger partial charge in [0.05, 0.1) is 11.0 Å². The van der Waals surface area contributed by atoms with Gasteiger partial charge in [-0.05, 0) is 36.5 Å². The minimum atomic E-state index is 0.0996. The van der Waals surface area contributed by atoms with E-state index in [2.05, 4.69) is 66.8 Å². The summed E-state index contributed by atoms with van der Waals surface area (Å²) in [6.07, 6.45) is 4.80. The predicted octanol–water partition coefficient (Wildman–Crippen LogP) is 5.47. The molecule has 2 unspecified atom stereocenters. The Morgan fingerprint density at radius 3 is 2.42 bits per heavy atom. The lowest BCUT2D eigenvalue weighted by Gasteiger charge is -2.24. The molecule has 2 atom stereocenters. The first-order valence-electron chi connectivity index (χ1n) is 9.41. The van der Waals surface area contributed by atoms with E-state index in [-0.39, 0.29) is 11.2 Å². The molecule has 2 nitrogen and oxygen atoms in total. The van der Waals surface area contributed by atoms with E-state index in [9.17, 15) is 4.79 Å². The quantitative estimate of drug-likeness (QED) is 0.629. The summed E-state index contributed by atoms with van der Waals surface area (Å²) in [7, 11) is 0. The molecule has 0 heterocycles. The first-order valence-corrected chi connectivity index (χ1v) is 10.5. The number of amides is 1. The largest absolute Gasteiger partial charge is 0.356 e. The van der Waals surface area contributed by atoms with Crippen LogP contribution in [0.25, 0.3) is 0 Å². The fourth-order valence-electron chi connectivity index (χ4n) is 3.33. The number of rotatable bonds is 8. The van der Waals surface area contributed by atoms with Crippen molar-refractivity contribution < 1.29 is 4.79 Å². The van der Waals surface area contributed by atoms with Crippen LogP contribution in [0.4, 0.5) is 0 Å². The van der Waals surface area contributed by atoms with Crippen LogP contribution >= 0.6 is 11.8 Å². The number of carbonyl (C=O) groups is 1. The molecule has 3 heteroatoms. The topological polar surface area (TPSA) is 29.1 Å². The van der Waals surface area contributed by atoms with Crippen molar-refractivity contribution in [2.75, 3.05) is 12.3 Å². The van der Waals surface area contributed by atoms with Crippen molar-refractivity contribution in [2.24, 2.45) is 0 Å². The summed E-state index contributed by atoms with van der Waals surface area (Å²) >= 11 is 1.70. The van der Waals surface area contributed by atoms with Crippen LogP contribution in [0.5, 0.6) is 0 Å². The van der Waals surface area contributed by atoms with Crippen LogP contribution in [0.1, 0.15) is 54.5 Å². The summed E-state index contributed by atoms with van der Waals surface area (Å²) in [4.78, 5) is 12.0. The van der Waals surface area contributed by atoms with Crippen LogP contribution < -0.4 is 5.32 Å². The molecule has 1 amide bonds. The Kier molecular flexibility index (Phi) is 6.56. The third kappa shape index (κ3) is 4.59. The van der Waals surface area contributed by atoms with Crippen LogP contribution in [0.15, 0.2) is 66.2 Å². The normalized spacial score (nSPS) is 15.5. The second-order valence-electron chi connectivity index (χ2n) is 6.76. The van der Waals surface area contributed by atoms with Crippen molar-refractivity contribution in [3.63, 3.8) is 0 Å². The van der Waals surface area contributed by atoms with Crippen molar-refractivity contribution in [1.29, 1.82) is 0 Å². The van der Waals surface area contributed by atoms with Gasteiger partial charge in [-0.1, -0.05) is 73.2 Å². The Hall–Kier alpha value is -2.00. The Bertz CT molecular complexity index is 769. The second kappa shape index (κ2) is 9.09. The fourth-order valence-corrected chi connectivity index (χ4v) is 4.44. The SMILES string of the molecule is CCNC(=O)CSC(c1ccccc1)c1cccc(C(C)C2=CCC2)c1. The molecule has 1 aliphatic rings. The van der Waals surface area contributed by atoms with E-state index in [0.717, 1.165) is 0 Å². The molecule has 2 aromatic rings. The molecule has 0 saturated carbocycles. The van der Waals surface area contributed by atoms with Gasteiger partial charge in [0.15, 0.2) is 0 Å². The van der Waals surface area contributed by atoms with Gasteiger partial charge < -0.3 is 5.32 Å². The lowest BCUT2D eigenvalue weighted by atomic mass is 9.83. The molecule has 0 fully saturated rings. The average molecular weight is 366 g/mol. The first kappa shape index (κ1) is 18.8. The highest BCUT2D eigenvalue weighted by molar-refractivity contribution is 8.00. The number of carbonyl (C=O) groups excluding carboxylic acids is 1. The summed E-state index contributed by atoms with van der Waals surface area (Å²) < 4.78 is 0. The number of allylic oxidation sites excluding steroid dienone is 2. The van der Waals surface area contributed by atoms with Crippen molar-refractivity contribution >= 4 is 17.7 Å². The minimum Gasteiger partial charge on any atom is -0.356 e. The van der Waals surface area contributed by atoms with Gasteiger partial charge in [-0.2, -0.15) is 0 Å². The van der Waals surface area contributed by atoms with E-state index in [1.807, 2.05) is 13.0 Å². The fraction of sp³-hybridized carbons (Fsp3) is 0.348. The zero-order valence-corrected chi connectivity index (χ0v) is 16.4. The molecule has 136 valence electrons. The number of hydrogen-bond donors (Lipinski definition) is 1. The molecule has 1 N–H and O–H groups in total. The zero-order valence-electron chi connectivity index (χ0n) is 15.6. The molecule has 0 bridgehead atoms. The van der Waals surface area contributed by atoms with E-state index in [1.54, 1.807) is 17.3 Å². The molecule has 1 aliphatic carbocycles. The Morgan fingerprint density at radius 2 is 1.77 bits per heavy atom. The molecule has 0 radical (unpaired) electrons. The van der Waals surface area contributed by atoms with Gasteiger partial charge >= 0.3 is 0 Å². The summed E-state index contributed by atoms with van der Waals surface area (Å²) in [6, 6.07) is 19.4. The molecule has 0 aliphatic heterocycles. The average Bonchev–Trinajstić information content (AvgIpc) is 2.62. The molecule has 26 heavy (non-hydrogen) atoms. The molecule has 0 aromatic heterocycles. The van der Waals surface area contributed by atoms with Crippen LogP contribution in [-0.4, -0.2) is 18.2 Å². The molecule has 3 rings (SSSR count). The van der Waals surface area contributed by atoms with E-state index in [4.69, 9.17) is 0 Å². The third-order valence-corrected chi connectivity index (χ3v) is 6.27. The summed E-state index contributed by atoms with van der Waals surface area (Å²) in [5.74, 6) is 1.05. The van der Waals surface area contributed by atoms with Crippen LogP contribution in [0, 0.1) is 0 Å². The van der Waals surface area contributed by atoms with E-state index in [1.165, 1.54) is 29.5 Å². The van der Waals surface area contributed by atoms with E-state index in [0.29, 0.717) is 18.2 Å². The molecule has 2 aromatic carbocycles. The maximum absolute atomic E-state index is 12.0. The predicted molar refractivity (Wildman–Crippen MR) is 112 cm³/mol. The molecular formula is C23H27NOS. The Balaban J connectivity index is 1.85. The van der Waals surface area contributed by atoms with Gasteiger partial charge in [0.25, 0.3) is 0 Å². The van der Waals surface area contributed by atoms with Gasteiger partial charge in [0.1, 0.15) is 0 Å². The highest BCUT2D eigenvalue weighted by Crippen LogP contribution is 2.38. The highest BCUT2D eigenvalue weighted by atomic mass is 32.2. The summed E-state index contributed by atoms with van der Waals surface area (Å²) in [6.45, 7) is 4.93. The van der Waals surface area contributed by atoms with Gasteiger partial charge in [-0.15, -0.1) is 11.8 Å². The van der Waals surface area contributed by atoms with Crippen LogP contribution in [-0.2, 0) is 4.79 Å². The lowest BCUT2D eigenvalue weighted by Crippen LogP contribution is -2.24. The maximum atomic E-state index is 12.0. The van der Waals surface area contributed by atoms with Crippen molar-refractivity contribution in [2.45, 2.75) is 37.9 Å². The summed E-state index contributed by atoms with van der Waals surface area (Å²) in [5.41, 5.74) is 5.44. The van der Waals surface area contributed by atoms with E-state index >= 15 is 0 Å². The lowest BCUT2D eigenvalue weighted by molar-refractivity contribution is -0.118. The number of benzene rings is 2. The third-order valence-electron chi connectivity index (χ3n) is 4.97. The highest BCUT2D eigenvalue weighted by Gasteiger charge is 2.20. The molecular weight excluding hydrogens is 338 g/mol. The standard InChI is InChI=1S/C23H27NOS/c1-3-24-22(25)16-26-23(19-9-5-4-6-10-19)21-14-8-13-20(15-21)17(2)18-11-7-12-18/h4-6,8-11,13-15,17,23H,3,7,12,16H2,1-2H3,(H,24,25). The van der Waals surface area contributed by atoms with Crippen molar-refractivity contribution in [1.82, 2.24) is 5.32 Å². The van der Waals surface area contributed by atoms with Gasteiger partial charge in [-0.25, -0.2) is 0 Å². The van der Waals surface area contributed by atoms with Crippen molar-refractivity contribution in [3.05, 3.63) is 82.9 Å². The van der Waals surface area contributed by atoms with Crippen molar-refractivity contribution in [3.8, 4) is 0 Å². The van der Waals surface area contributed by atoms with Crippen LogP contribution in [0.3, 0.4) is 0 Å². The monoisotopic (exact) mass is 365 g/mol.